The van der Waals surface area contributed by atoms with Crippen LogP contribution < -0.4 is 15.4 Å². The van der Waals surface area contributed by atoms with E-state index in [1.165, 1.54) is 0 Å². The van der Waals surface area contributed by atoms with Crippen LogP contribution in [0, 0.1) is 0 Å². The molecule has 0 fully saturated rings. The first-order valence-corrected chi connectivity index (χ1v) is 5.99. The number of methoxy groups -OCH3 is 1. The van der Waals surface area contributed by atoms with Gasteiger partial charge in [-0.05, 0) is 36.4 Å². The molecular formula is C14H15ClN2O. The molecule has 0 saturated carbocycles. The Morgan fingerprint density at radius 3 is 2.56 bits per heavy atom. The van der Waals surface area contributed by atoms with Gasteiger partial charge in [-0.25, -0.2) is 0 Å². The van der Waals surface area contributed by atoms with E-state index in [0.717, 1.165) is 22.8 Å². The van der Waals surface area contributed by atoms with Crippen molar-refractivity contribution in [2.45, 2.75) is 0 Å². The second-order valence-corrected chi connectivity index (χ2v) is 4.24. The zero-order valence-corrected chi connectivity index (χ0v) is 11.1. The van der Waals surface area contributed by atoms with Gasteiger partial charge in [-0.3, -0.25) is 0 Å². The molecule has 0 saturated heterocycles. The average molecular weight is 263 g/mol. The van der Waals surface area contributed by atoms with Crippen LogP contribution in [-0.4, -0.2) is 14.2 Å². The van der Waals surface area contributed by atoms with Crippen LogP contribution in [0.3, 0.4) is 0 Å². The molecule has 0 heterocycles. The lowest BCUT2D eigenvalue weighted by atomic mass is 10.2. The second kappa shape index (κ2) is 5.65. The first-order valence-electron chi connectivity index (χ1n) is 5.61. The lowest BCUT2D eigenvalue weighted by Crippen LogP contribution is -1.95. The molecule has 2 aromatic carbocycles. The third kappa shape index (κ3) is 2.87. The molecule has 0 aliphatic carbocycles. The molecule has 0 unspecified atom stereocenters. The predicted octanol–water partition coefficient (Wildman–Crippen LogP) is 4.13. The number of nitrogens with one attached hydrogen (secondary N) is 2. The minimum Gasteiger partial charge on any atom is -0.495 e. The Kier molecular flexibility index (Phi) is 3.95. The van der Waals surface area contributed by atoms with Crippen LogP contribution in [0.15, 0.2) is 42.5 Å². The molecule has 0 aliphatic heterocycles. The van der Waals surface area contributed by atoms with Crippen molar-refractivity contribution in [3.05, 3.63) is 47.5 Å². The maximum atomic E-state index is 5.99. The predicted molar refractivity (Wildman–Crippen MR) is 77.3 cm³/mol. The molecule has 0 radical (unpaired) electrons. The standard InChI is InChI=1S/C14H15ClN2O/c1-16-11-4-3-5-12(9-11)17-13-8-10(15)6-7-14(13)18-2/h3-9,16-17H,1-2H3. The summed E-state index contributed by atoms with van der Waals surface area (Å²) in [6.07, 6.45) is 0. The Labute approximate surface area is 112 Å². The summed E-state index contributed by atoms with van der Waals surface area (Å²) in [6.45, 7) is 0. The smallest absolute Gasteiger partial charge is 0.142 e. The minimum atomic E-state index is 0.670. The molecule has 0 aliphatic rings. The summed E-state index contributed by atoms with van der Waals surface area (Å²) < 4.78 is 5.29. The molecule has 2 aromatic rings. The lowest BCUT2D eigenvalue weighted by molar-refractivity contribution is 0.417. The molecule has 0 spiro atoms. The van der Waals surface area contributed by atoms with E-state index in [2.05, 4.69) is 10.6 Å². The number of hydrogen-bond acceptors (Lipinski definition) is 3. The highest BCUT2D eigenvalue weighted by molar-refractivity contribution is 6.31. The van der Waals surface area contributed by atoms with Crippen molar-refractivity contribution in [3.63, 3.8) is 0 Å². The van der Waals surface area contributed by atoms with Gasteiger partial charge in [0, 0.05) is 23.4 Å². The summed E-state index contributed by atoms with van der Waals surface area (Å²) in [5.74, 6) is 0.759. The Morgan fingerprint density at radius 2 is 1.83 bits per heavy atom. The highest BCUT2D eigenvalue weighted by Crippen LogP contribution is 2.31. The SMILES string of the molecule is CNc1cccc(Nc2cc(Cl)ccc2OC)c1. The van der Waals surface area contributed by atoms with Gasteiger partial charge in [-0.15, -0.1) is 0 Å². The third-order valence-corrected chi connectivity index (χ3v) is 2.83. The number of anilines is 3. The summed E-state index contributed by atoms with van der Waals surface area (Å²) in [7, 11) is 3.53. The summed E-state index contributed by atoms with van der Waals surface area (Å²) >= 11 is 5.99. The van der Waals surface area contributed by atoms with E-state index in [4.69, 9.17) is 16.3 Å². The molecule has 0 atom stereocenters. The van der Waals surface area contributed by atoms with Crippen molar-refractivity contribution in [1.29, 1.82) is 0 Å². The molecule has 2 rings (SSSR count). The maximum absolute atomic E-state index is 5.99. The Hall–Kier alpha value is -1.87. The van der Waals surface area contributed by atoms with Crippen LogP contribution in [0.1, 0.15) is 0 Å². The summed E-state index contributed by atoms with van der Waals surface area (Å²) in [6, 6.07) is 13.5. The van der Waals surface area contributed by atoms with E-state index in [0.29, 0.717) is 5.02 Å². The fraction of sp³-hybridized carbons (Fsp3) is 0.143. The van der Waals surface area contributed by atoms with Gasteiger partial charge in [0.05, 0.1) is 12.8 Å². The van der Waals surface area contributed by atoms with Crippen LogP contribution >= 0.6 is 11.6 Å². The van der Waals surface area contributed by atoms with Gasteiger partial charge in [0.2, 0.25) is 0 Å². The van der Waals surface area contributed by atoms with Crippen LogP contribution in [0.5, 0.6) is 5.75 Å². The Balaban J connectivity index is 2.29. The van der Waals surface area contributed by atoms with Crippen molar-refractivity contribution < 1.29 is 4.74 Å². The average Bonchev–Trinajstić information content (AvgIpc) is 2.39. The monoisotopic (exact) mass is 262 g/mol. The molecule has 4 heteroatoms. The van der Waals surface area contributed by atoms with Gasteiger partial charge >= 0.3 is 0 Å². The number of ether oxygens (including phenoxy) is 1. The second-order valence-electron chi connectivity index (χ2n) is 3.80. The van der Waals surface area contributed by atoms with Gasteiger partial charge in [-0.1, -0.05) is 17.7 Å². The Bertz CT molecular complexity index is 543. The molecule has 18 heavy (non-hydrogen) atoms. The molecular weight excluding hydrogens is 248 g/mol. The van der Waals surface area contributed by atoms with Gasteiger partial charge < -0.3 is 15.4 Å². The quantitative estimate of drug-likeness (QED) is 0.869. The van der Waals surface area contributed by atoms with E-state index < -0.39 is 0 Å². The first-order chi connectivity index (χ1) is 8.72. The summed E-state index contributed by atoms with van der Waals surface area (Å²) in [5, 5.41) is 7.05. The van der Waals surface area contributed by atoms with Crippen molar-refractivity contribution in [3.8, 4) is 5.75 Å². The van der Waals surface area contributed by atoms with Gasteiger partial charge in [0.25, 0.3) is 0 Å². The minimum absolute atomic E-state index is 0.670. The molecule has 0 amide bonds. The highest BCUT2D eigenvalue weighted by Gasteiger charge is 2.04. The van der Waals surface area contributed by atoms with E-state index >= 15 is 0 Å². The van der Waals surface area contributed by atoms with Crippen LogP contribution in [0.25, 0.3) is 0 Å². The normalized spacial score (nSPS) is 9.94. The van der Waals surface area contributed by atoms with Crippen LogP contribution in [0.2, 0.25) is 5.02 Å². The van der Waals surface area contributed by atoms with Crippen molar-refractivity contribution >= 4 is 28.7 Å². The lowest BCUT2D eigenvalue weighted by Gasteiger charge is -2.12. The van der Waals surface area contributed by atoms with Crippen molar-refractivity contribution in [1.82, 2.24) is 0 Å². The van der Waals surface area contributed by atoms with E-state index in [9.17, 15) is 0 Å². The van der Waals surface area contributed by atoms with Crippen LogP contribution in [0.4, 0.5) is 17.1 Å². The third-order valence-electron chi connectivity index (χ3n) is 2.59. The van der Waals surface area contributed by atoms with E-state index in [1.807, 2.05) is 43.4 Å². The molecule has 94 valence electrons. The zero-order chi connectivity index (χ0) is 13.0. The zero-order valence-electron chi connectivity index (χ0n) is 10.3. The van der Waals surface area contributed by atoms with Crippen LogP contribution in [-0.2, 0) is 0 Å². The summed E-state index contributed by atoms with van der Waals surface area (Å²) in [5.41, 5.74) is 2.86. The maximum Gasteiger partial charge on any atom is 0.142 e. The largest absolute Gasteiger partial charge is 0.495 e. The number of benzene rings is 2. The molecule has 0 bridgehead atoms. The molecule has 0 aromatic heterocycles. The summed E-state index contributed by atoms with van der Waals surface area (Å²) in [4.78, 5) is 0. The number of rotatable bonds is 4. The first kappa shape index (κ1) is 12.6. The van der Waals surface area contributed by atoms with E-state index in [1.54, 1.807) is 13.2 Å². The highest BCUT2D eigenvalue weighted by atomic mass is 35.5. The van der Waals surface area contributed by atoms with E-state index in [-0.39, 0.29) is 0 Å². The Morgan fingerprint density at radius 1 is 1.06 bits per heavy atom. The van der Waals surface area contributed by atoms with Gasteiger partial charge in [-0.2, -0.15) is 0 Å². The van der Waals surface area contributed by atoms with Gasteiger partial charge in [0.15, 0.2) is 0 Å². The molecule has 2 N–H and O–H groups in total. The fourth-order valence-electron chi connectivity index (χ4n) is 1.69. The topological polar surface area (TPSA) is 33.3 Å². The van der Waals surface area contributed by atoms with Crippen molar-refractivity contribution in [2.75, 3.05) is 24.8 Å². The number of hydrogen-bond donors (Lipinski definition) is 2. The fourth-order valence-corrected chi connectivity index (χ4v) is 1.86. The van der Waals surface area contributed by atoms with Crippen molar-refractivity contribution in [2.24, 2.45) is 0 Å². The van der Waals surface area contributed by atoms with Gasteiger partial charge in [0.1, 0.15) is 5.75 Å². The number of halogens is 1. The molecule has 3 nitrogen and oxygen atoms in total.